The van der Waals surface area contributed by atoms with E-state index in [9.17, 15) is 4.79 Å². The Morgan fingerprint density at radius 3 is 2.25 bits per heavy atom. The van der Waals surface area contributed by atoms with Crippen LogP contribution in [-0.4, -0.2) is 11.5 Å². The lowest BCUT2D eigenvalue weighted by molar-refractivity contribution is -0.110. The number of benzene rings is 1. The van der Waals surface area contributed by atoms with E-state index in [1.165, 1.54) is 12.2 Å². The number of rotatable bonds is 1. The number of carbonyl (C=O) groups is 1. The zero-order valence-electron chi connectivity index (χ0n) is 8.55. The Labute approximate surface area is 93.0 Å². The number of carbonyl (C=O) groups excluding carboxylic acids is 1. The van der Waals surface area contributed by atoms with E-state index in [2.05, 4.69) is 4.99 Å². The lowest BCUT2D eigenvalue weighted by atomic mass is 10.1. The summed E-state index contributed by atoms with van der Waals surface area (Å²) in [6, 6.07) is 5.17. The largest absolute Gasteiger partial charge is 0.397 e. The second kappa shape index (κ2) is 4.02. The van der Waals surface area contributed by atoms with Crippen LogP contribution in [0.4, 0.5) is 17.1 Å². The van der Waals surface area contributed by atoms with Crippen molar-refractivity contribution < 1.29 is 4.79 Å². The highest BCUT2D eigenvalue weighted by molar-refractivity contribution is 6.17. The minimum Gasteiger partial charge on any atom is -0.397 e. The van der Waals surface area contributed by atoms with Crippen LogP contribution in [0.2, 0.25) is 0 Å². The quantitative estimate of drug-likeness (QED) is 0.549. The van der Waals surface area contributed by atoms with Crippen molar-refractivity contribution in [3.63, 3.8) is 0 Å². The summed E-state index contributed by atoms with van der Waals surface area (Å²) >= 11 is 0. The molecule has 0 heterocycles. The molecule has 0 amide bonds. The summed E-state index contributed by atoms with van der Waals surface area (Å²) in [6.07, 6.45) is 6.27. The maximum Gasteiger partial charge on any atom is 0.178 e. The molecule has 1 aliphatic carbocycles. The van der Waals surface area contributed by atoms with Gasteiger partial charge in [0.1, 0.15) is 0 Å². The fourth-order valence-corrected chi connectivity index (χ4v) is 1.30. The van der Waals surface area contributed by atoms with Crippen LogP contribution in [0.5, 0.6) is 0 Å². The number of allylic oxidation sites excluding steroid dienone is 4. The molecule has 0 saturated heterocycles. The van der Waals surface area contributed by atoms with Gasteiger partial charge in [0.05, 0.1) is 22.8 Å². The van der Waals surface area contributed by atoms with E-state index < -0.39 is 0 Å². The molecule has 0 atom stereocenters. The molecule has 1 aromatic rings. The number of nitrogens with two attached hydrogens (primary N) is 2. The van der Waals surface area contributed by atoms with Gasteiger partial charge in [-0.05, 0) is 42.5 Å². The van der Waals surface area contributed by atoms with Crippen molar-refractivity contribution in [2.45, 2.75) is 0 Å². The fourth-order valence-electron chi connectivity index (χ4n) is 1.30. The molecular formula is C12H11N3O. The molecule has 0 aromatic heterocycles. The van der Waals surface area contributed by atoms with Crippen LogP contribution in [0, 0.1) is 0 Å². The van der Waals surface area contributed by atoms with Gasteiger partial charge in [0, 0.05) is 0 Å². The Bertz CT molecular complexity index is 509. The second-order valence-electron chi connectivity index (χ2n) is 3.42. The first-order valence-corrected chi connectivity index (χ1v) is 4.79. The molecule has 2 rings (SSSR count). The van der Waals surface area contributed by atoms with E-state index in [0.717, 1.165) is 0 Å². The van der Waals surface area contributed by atoms with Crippen molar-refractivity contribution in [3.8, 4) is 0 Å². The van der Waals surface area contributed by atoms with Gasteiger partial charge in [-0.25, -0.2) is 4.99 Å². The number of aliphatic imine (C=N–C) groups is 1. The van der Waals surface area contributed by atoms with E-state index in [-0.39, 0.29) is 5.78 Å². The highest BCUT2D eigenvalue weighted by Gasteiger charge is 2.01. The van der Waals surface area contributed by atoms with E-state index in [1.807, 2.05) is 0 Å². The van der Waals surface area contributed by atoms with E-state index in [4.69, 9.17) is 11.5 Å². The maximum atomic E-state index is 10.9. The highest BCUT2D eigenvalue weighted by Crippen LogP contribution is 2.22. The molecule has 0 spiro atoms. The molecule has 0 bridgehead atoms. The molecule has 0 unspecified atom stereocenters. The van der Waals surface area contributed by atoms with Crippen molar-refractivity contribution in [1.29, 1.82) is 0 Å². The van der Waals surface area contributed by atoms with Gasteiger partial charge in [-0.3, -0.25) is 4.79 Å². The van der Waals surface area contributed by atoms with Gasteiger partial charge in [-0.15, -0.1) is 0 Å². The van der Waals surface area contributed by atoms with Crippen LogP contribution in [0.1, 0.15) is 0 Å². The molecule has 4 N–H and O–H groups in total. The highest BCUT2D eigenvalue weighted by atomic mass is 16.1. The molecular weight excluding hydrogens is 202 g/mol. The topological polar surface area (TPSA) is 81.5 Å². The number of hydrogen-bond acceptors (Lipinski definition) is 4. The van der Waals surface area contributed by atoms with Crippen LogP contribution in [0.3, 0.4) is 0 Å². The van der Waals surface area contributed by atoms with Gasteiger partial charge in [-0.1, -0.05) is 0 Å². The van der Waals surface area contributed by atoms with Gasteiger partial charge in [0.25, 0.3) is 0 Å². The second-order valence-corrected chi connectivity index (χ2v) is 3.42. The van der Waals surface area contributed by atoms with Gasteiger partial charge in [0.2, 0.25) is 0 Å². The zero-order chi connectivity index (χ0) is 11.5. The van der Waals surface area contributed by atoms with Crippen LogP contribution in [0.25, 0.3) is 0 Å². The van der Waals surface area contributed by atoms with E-state index in [0.29, 0.717) is 22.8 Å². The zero-order valence-corrected chi connectivity index (χ0v) is 8.55. The third-order valence-electron chi connectivity index (χ3n) is 2.17. The van der Waals surface area contributed by atoms with Crippen LogP contribution >= 0.6 is 0 Å². The van der Waals surface area contributed by atoms with Crippen molar-refractivity contribution in [2.24, 2.45) is 4.99 Å². The van der Waals surface area contributed by atoms with Gasteiger partial charge in [0.15, 0.2) is 5.78 Å². The predicted molar refractivity (Wildman–Crippen MR) is 65.6 cm³/mol. The molecule has 0 radical (unpaired) electrons. The van der Waals surface area contributed by atoms with Crippen molar-refractivity contribution in [1.82, 2.24) is 0 Å². The maximum absolute atomic E-state index is 10.9. The molecule has 4 heteroatoms. The van der Waals surface area contributed by atoms with E-state index >= 15 is 0 Å². The Morgan fingerprint density at radius 2 is 1.62 bits per heavy atom. The standard InChI is InChI=1S/C12H11N3O/c13-11-6-3-9(7-12(11)14)15-8-1-4-10(16)5-2-8/h1-7H,13-14H2. The van der Waals surface area contributed by atoms with Crippen LogP contribution in [-0.2, 0) is 4.79 Å². The lowest BCUT2D eigenvalue weighted by Gasteiger charge is -2.02. The molecule has 1 aromatic carbocycles. The van der Waals surface area contributed by atoms with Crippen molar-refractivity contribution in [2.75, 3.05) is 11.5 Å². The Hall–Kier alpha value is -2.36. The number of hydrogen-bond donors (Lipinski definition) is 2. The average molecular weight is 213 g/mol. The summed E-state index contributed by atoms with van der Waals surface area (Å²) < 4.78 is 0. The lowest BCUT2D eigenvalue weighted by Crippen LogP contribution is -1.98. The Morgan fingerprint density at radius 1 is 0.938 bits per heavy atom. The molecule has 0 aliphatic heterocycles. The molecule has 1 aliphatic rings. The smallest absolute Gasteiger partial charge is 0.178 e. The summed E-state index contributed by atoms with van der Waals surface area (Å²) in [4.78, 5) is 15.2. The fraction of sp³-hybridized carbons (Fsp3) is 0. The van der Waals surface area contributed by atoms with Crippen molar-refractivity contribution >= 4 is 28.6 Å². The number of anilines is 2. The molecule has 80 valence electrons. The van der Waals surface area contributed by atoms with E-state index in [1.54, 1.807) is 30.4 Å². The molecule has 0 fully saturated rings. The number of nitrogen functional groups attached to an aromatic ring is 2. The van der Waals surface area contributed by atoms with Crippen molar-refractivity contribution in [3.05, 3.63) is 42.5 Å². The normalized spacial score (nSPS) is 14.2. The number of nitrogens with zero attached hydrogens (tertiary/aromatic N) is 1. The molecule has 16 heavy (non-hydrogen) atoms. The number of ketones is 1. The summed E-state index contributed by atoms with van der Waals surface area (Å²) in [5, 5.41) is 0. The first kappa shape index (κ1) is 10.2. The summed E-state index contributed by atoms with van der Waals surface area (Å²) in [6.45, 7) is 0. The van der Waals surface area contributed by atoms with Crippen LogP contribution < -0.4 is 11.5 Å². The minimum atomic E-state index is -0.0317. The molecule has 4 nitrogen and oxygen atoms in total. The van der Waals surface area contributed by atoms with Gasteiger partial charge < -0.3 is 11.5 Å². The summed E-state index contributed by atoms with van der Waals surface area (Å²) in [7, 11) is 0. The first-order chi connectivity index (χ1) is 7.65. The van der Waals surface area contributed by atoms with Gasteiger partial charge >= 0.3 is 0 Å². The minimum absolute atomic E-state index is 0.0317. The van der Waals surface area contributed by atoms with Crippen LogP contribution in [0.15, 0.2) is 47.5 Å². The third kappa shape index (κ3) is 2.17. The first-order valence-electron chi connectivity index (χ1n) is 4.79. The third-order valence-corrected chi connectivity index (χ3v) is 2.17. The Balaban J connectivity index is 2.30. The Kier molecular flexibility index (Phi) is 2.55. The average Bonchev–Trinajstić information content (AvgIpc) is 2.27. The van der Waals surface area contributed by atoms with Gasteiger partial charge in [-0.2, -0.15) is 0 Å². The predicted octanol–water partition coefficient (Wildman–Crippen LogP) is 1.62. The molecule has 0 saturated carbocycles. The summed E-state index contributed by atoms with van der Waals surface area (Å²) in [5.41, 5.74) is 13.7. The summed E-state index contributed by atoms with van der Waals surface area (Å²) in [5.74, 6) is -0.0317. The monoisotopic (exact) mass is 213 g/mol. The SMILES string of the molecule is Nc1ccc(N=C2C=CC(=O)C=C2)cc1N.